The Labute approximate surface area is 98.8 Å². The van der Waals surface area contributed by atoms with Crippen molar-refractivity contribution in [2.75, 3.05) is 0 Å². The zero-order chi connectivity index (χ0) is 12.4. The first-order chi connectivity index (χ1) is 8.11. The maximum absolute atomic E-state index is 11.3. The Balaban J connectivity index is 2.64. The number of rotatable bonds is 1. The minimum Gasteiger partial charge on any atom is -0.268 e. The maximum Gasteiger partial charge on any atom is 0.266 e. The molecule has 0 radical (unpaired) electrons. The van der Waals surface area contributed by atoms with E-state index in [1.54, 1.807) is 25.2 Å². The summed E-state index contributed by atoms with van der Waals surface area (Å²) in [5.41, 5.74) is 3.03. The van der Waals surface area contributed by atoms with Gasteiger partial charge < -0.3 is 0 Å². The van der Waals surface area contributed by atoms with Crippen LogP contribution in [-0.4, -0.2) is 9.78 Å². The average molecular weight is 225 g/mol. The molecule has 0 saturated carbocycles. The molecule has 0 aliphatic heterocycles. The van der Waals surface area contributed by atoms with E-state index in [2.05, 4.69) is 11.2 Å². The molecular formula is C13H11N3O. The van der Waals surface area contributed by atoms with Gasteiger partial charge in [0.15, 0.2) is 0 Å². The van der Waals surface area contributed by atoms with E-state index in [1.165, 1.54) is 10.7 Å². The highest BCUT2D eigenvalue weighted by Gasteiger charge is 2.05. The van der Waals surface area contributed by atoms with Gasteiger partial charge in [-0.2, -0.15) is 10.4 Å². The van der Waals surface area contributed by atoms with Crippen molar-refractivity contribution in [1.29, 1.82) is 5.26 Å². The van der Waals surface area contributed by atoms with Crippen LogP contribution < -0.4 is 5.56 Å². The van der Waals surface area contributed by atoms with Crippen LogP contribution in [0.2, 0.25) is 0 Å². The Hall–Kier alpha value is -2.41. The minimum atomic E-state index is -0.150. The molecule has 0 bridgehead atoms. The lowest BCUT2D eigenvalue weighted by molar-refractivity contribution is 0.712. The van der Waals surface area contributed by atoms with Crippen LogP contribution in [0.5, 0.6) is 0 Å². The second-order valence-electron chi connectivity index (χ2n) is 3.82. The fourth-order valence-electron chi connectivity index (χ4n) is 1.61. The average Bonchev–Trinajstić information content (AvgIpc) is 2.33. The molecule has 2 rings (SSSR count). The van der Waals surface area contributed by atoms with E-state index in [4.69, 9.17) is 5.26 Å². The molecule has 0 atom stereocenters. The first-order valence-corrected chi connectivity index (χ1v) is 5.17. The van der Waals surface area contributed by atoms with Gasteiger partial charge in [-0.3, -0.25) is 4.79 Å². The second kappa shape index (κ2) is 4.22. The van der Waals surface area contributed by atoms with Crippen LogP contribution in [0.25, 0.3) is 11.3 Å². The predicted octanol–water partition coefficient (Wildman–Crippen LogP) is 1.63. The molecular weight excluding hydrogens is 214 g/mol. The summed E-state index contributed by atoms with van der Waals surface area (Å²) >= 11 is 0. The van der Waals surface area contributed by atoms with Crippen molar-refractivity contribution in [3.05, 3.63) is 51.8 Å². The lowest BCUT2D eigenvalue weighted by atomic mass is 10.0. The monoisotopic (exact) mass is 225 g/mol. The van der Waals surface area contributed by atoms with Crippen LogP contribution in [0.1, 0.15) is 11.1 Å². The van der Waals surface area contributed by atoms with Gasteiger partial charge in [-0.25, -0.2) is 4.68 Å². The Kier molecular flexibility index (Phi) is 2.75. The minimum absolute atomic E-state index is 0.150. The molecule has 0 amide bonds. The standard InChI is InChI=1S/C13H11N3O/c1-9-3-4-10(8-14)7-11(9)12-5-6-13(17)16(2)15-12/h3-7H,1-2H3. The summed E-state index contributed by atoms with van der Waals surface area (Å²) in [7, 11) is 1.61. The van der Waals surface area contributed by atoms with Crippen LogP contribution in [0, 0.1) is 18.3 Å². The Morgan fingerprint density at radius 1 is 1.29 bits per heavy atom. The van der Waals surface area contributed by atoms with Gasteiger partial charge in [0.2, 0.25) is 0 Å². The number of nitriles is 1. The second-order valence-corrected chi connectivity index (χ2v) is 3.82. The highest BCUT2D eigenvalue weighted by molar-refractivity contribution is 5.64. The molecule has 1 aromatic heterocycles. The number of hydrogen-bond donors (Lipinski definition) is 0. The largest absolute Gasteiger partial charge is 0.268 e. The quantitative estimate of drug-likeness (QED) is 0.741. The van der Waals surface area contributed by atoms with Crippen LogP contribution in [0.4, 0.5) is 0 Å². The molecule has 84 valence electrons. The lowest BCUT2D eigenvalue weighted by Crippen LogP contribution is -2.18. The molecule has 0 saturated heterocycles. The summed E-state index contributed by atoms with van der Waals surface area (Å²) in [5.74, 6) is 0. The number of nitrogens with zero attached hydrogens (tertiary/aromatic N) is 3. The van der Waals surface area contributed by atoms with Gasteiger partial charge in [0.25, 0.3) is 5.56 Å². The highest BCUT2D eigenvalue weighted by atomic mass is 16.1. The van der Waals surface area contributed by atoms with E-state index in [9.17, 15) is 4.79 Å². The summed E-state index contributed by atoms with van der Waals surface area (Å²) in [4.78, 5) is 11.3. The molecule has 0 fully saturated rings. The molecule has 4 nitrogen and oxygen atoms in total. The maximum atomic E-state index is 11.3. The SMILES string of the molecule is Cc1ccc(C#N)cc1-c1ccc(=O)n(C)n1. The summed E-state index contributed by atoms with van der Waals surface area (Å²) in [5, 5.41) is 13.0. The molecule has 1 aromatic carbocycles. The van der Waals surface area contributed by atoms with Gasteiger partial charge >= 0.3 is 0 Å². The van der Waals surface area contributed by atoms with Crippen molar-refractivity contribution in [2.45, 2.75) is 6.92 Å². The topological polar surface area (TPSA) is 58.7 Å². The van der Waals surface area contributed by atoms with Crippen LogP contribution >= 0.6 is 0 Å². The normalized spacial score (nSPS) is 9.94. The number of aromatic nitrogens is 2. The van der Waals surface area contributed by atoms with Crippen LogP contribution in [0.15, 0.2) is 35.1 Å². The Bertz CT molecular complexity index is 665. The number of hydrogen-bond acceptors (Lipinski definition) is 3. The van der Waals surface area contributed by atoms with Gasteiger partial charge in [-0.05, 0) is 30.7 Å². The molecule has 2 aromatic rings. The van der Waals surface area contributed by atoms with Crippen molar-refractivity contribution in [2.24, 2.45) is 7.05 Å². The van der Waals surface area contributed by atoms with E-state index >= 15 is 0 Å². The van der Waals surface area contributed by atoms with E-state index in [0.717, 1.165) is 11.1 Å². The van der Waals surface area contributed by atoms with Crippen molar-refractivity contribution in [1.82, 2.24) is 9.78 Å². The molecule has 0 aliphatic carbocycles. The van der Waals surface area contributed by atoms with Crippen molar-refractivity contribution >= 4 is 0 Å². The molecule has 0 spiro atoms. The van der Waals surface area contributed by atoms with Crippen molar-refractivity contribution in [3.8, 4) is 17.3 Å². The highest BCUT2D eigenvalue weighted by Crippen LogP contribution is 2.21. The molecule has 1 heterocycles. The van der Waals surface area contributed by atoms with E-state index < -0.39 is 0 Å². The van der Waals surface area contributed by atoms with Gasteiger partial charge in [-0.15, -0.1) is 0 Å². The Morgan fingerprint density at radius 2 is 2.06 bits per heavy atom. The number of aryl methyl sites for hydroxylation is 2. The third-order valence-corrected chi connectivity index (χ3v) is 2.60. The predicted molar refractivity (Wildman–Crippen MR) is 64.4 cm³/mol. The third kappa shape index (κ3) is 2.08. The van der Waals surface area contributed by atoms with Gasteiger partial charge in [0, 0.05) is 18.7 Å². The fourth-order valence-corrected chi connectivity index (χ4v) is 1.61. The fraction of sp³-hybridized carbons (Fsp3) is 0.154. The zero-order valence-corrected chi connectivity index (χ0v) is 9.64. The van der Waals surface area contributed by atoms with Gasteiger partial charge in [0.05, 0.1) is 17.3 Å². The van der Waals surface area contributed by atoms with Crippen molar-refractivity contribution < 1.29 is 0 Å². The summed E-state index contributed by atoms with van der Waals surface area (Å²) < 4.78 is 1.29. The van der Waals surface area contributed by atoms with Gasteiger partial charge in [-0.1, -0.05) is 6.07 Å². The smallest absolute Gasteiger partial charge is 0.266 e. The Morgan fingerprint density at radius 3 is 2.71 bits per heavy atom. The lowest BCUT2D eigenvalue weighted by Gasteiger charge is -2.06. The molecule has 17 heavy (non-hydrogen) atoms. The third-order valence-electron chi connectivity index (χ3n) is 2.60. The summed E-state index contributed by atoms with van der Waals surface area (Å²) in [6.07, 6.45) is 0. The zero-order valence-electron chi connectivity index (χ0n) is 9.64. The number of benzene rings is 1. The van der Waals surface area contributed by atoms with E-state index in [1.807, 2.05) is 13.0 Å². The van der Waals surface area contributed by atoms with E-state index in [-0.39, 0.29) is 5.56 Å². The molecule has 0 unspecified atom stereocenters. The molecule has 0 aliphatic rings. The van der Waals surface area contributed by atoms with Crippen LogP contribution in [-0.2, 0) is 7.05 Å². The summed E-state index contributed by atoms with van der Waals surface area (Å²) in [6.45, 7) is 1.95. The van der Waals surface area contributed by atoms with E-state index in [0.29, 0.717) is 11.3 Å². The first-order valence-electron chi connectivity index (χ1n) is 5.17. The van der Waals surface area contributed by atoms with Gasteiger partial charge in [0.1, 0.15) is 0 Å². The molecule has 0 N–H and O–H groups in total. The molecule has 4 heteroatoms. The van der Waals surface area contributed by atoms with Crippen LogP contribution in [0.3, 0.4) is 0 Å². The first kappa shape index (κ1) is 11.1. The summed E-state index contributed by atoms with van der Waals surface area (Å²) in [6, 6.07) is 10.7. The van der Waals surface area contributed by atoms with Crippen molar-refractivity contribution in [3.63, 3.8) is 0 Å².